The van der Waals surface area contributed by atoms with E-state index in [-0.39, 0.29) is 17.0 Å². The van der Waals surface area contributed by atoms with Crippen LogP contribution in [0.1, 0.15) is 67.2 Å². The van der Waals surface area contributed by atoms with Gasteiger partial charge in [0.25, 0.3) is 0 Å². The van der Waals surface area contributed by atoms with Crippen LogP contribution in [0.3, 0.4) is 0 Å². The van der Waals surface area contributed by atoms with Crippen LogP contribution in [0.25, 0.3) is 67.0 Å². The average Bonchev–Trinajstić information content (AvgIpc) is 3.77. The van der Waals surface area contributed by atoms with Crippen LogP contribution in [0.4, 0.5) is 0 Å². The Kier molecular flexibility index (Phi) is 6.64. The van der Waals surface area contributed by atoms with Gasteiger partial charge in [-0.1, -0.05) is 155 Å². The molecule has 2 aliphatic carbocycles. The van der Waals surface area contributed by atoms with Gasteiger partial charge in [0.2, 0.25) is 0 Å². The van der Waals surface area contributed by atoms with E-state index in [1.165, 1.54) is 44.5 Å². The molecule has 1 unspecified atom stereocenters. The molecular formula is C50H39N5. The Balaban J connectivity index is 1.18. The molecule has 3 aliphatic rings. The number of aromatic nitrogens is 3. The Labute approximate surface area is 320 Å². The Bertz CT molecular complexity index is 2950. The molecule has 11 rings (SSSR count). The minimum atomic E-state index is -0.243. The van der Waals surface area contributed by atoms with Crippen LogP contribution in [0.5, 0.6) is 0 Å². The van der Waals surface area contributed by atoms with Gasteiger partial charge in [0.15, 0.2) is 5.82 Å². The third-order valence-electron chi connectivity index (χ3n) is 12.3. The third kappa shape index (κ3) is 4.50. The fraction of sp³-hybridized carbons (Fsp3) is 0.140. The molecular weight excluding hydrogens is 671 g/mol. The van der Waals surface area contributed by atoms with E-state index in [0.29, 0.717) is 0 Å². The van der Waals surface area contributed by atoms with Crippen LogP contribution in [0.2, 0.25) is 0 Å². The zero-order chi connectivity index (χ0) is 37.1. The van der Waals surface area contributed by atoms with Gasteiger partial charge in [-0.2, -0.15) is 0 Å². The molecule has 0 spiro atoms. The first-order chi connectivity index (χ1) is 26.8. The van der Waals surface area contributed by atoms with Crippen molar-refractivity contribution in [3.63, 3.8) is 0 Å². The van der Waals surface area contributed by atoms with E-state index in [1.54, 1.807) is 0 Å². The SMILES string of the molecule is CC1(C)c2ccccc2-c2ccc(-c3ncc4c(n3)c3c5c(ccc3n4C3=C(c4ccccc4)NC(c4ccccc4)N=C3)-c3ccccc3C5(C)C)cc21. The van der Waals surface area contributed by atoms with E-state index in [9.17, 15) is 0 Å². The molecule has 55 heavy (non-hydrogen) atoms. The summed E-state index contributed by atoms with van der Waals surface area (Å²) in [5.41, 5.74) is 18.3. The van der Waals surface area contributed by atoms with Crippen molar-refractivity contribution in [3.05, 3.63) is 179 Å². The monoisotopic (exact) mass is 709 g/mol. The molecule has 1 aliphatic heterocycles. The van der Waals surface area contributed by atoms with Gasteiger partial charge < -0.3 is 9.88 Å². The highest BCUT2D eigenvalue weighted by molar-refractivity contribution is 6.22. The number of nitrogens with one attached hydrogen (secondary N) is 1. The summed E-state index contributed by atoms with van der Waals surface area (Å²) in [6.45, 7) is 9.35. The number of rotatable bonds is 4. The van der Waals surface area contributed by atoms with Crippen LogP contribution < -0.4 is 5.32 Å². The largest absolute Gasteiger partial charge is 0.358 e. The molecule has 3 heterocycles. The first-order valence-corrected chi connectivity index (χ1v) is 19.1. The van der Waals surface area contributed by atoms with Crippen LogP contribution in [-0.4, -0.2) is 20.7 Å². The Morgan fingerprint density at radius 1 is 0.582 bits per heavy atom. The number of benzene rings is 6. The van der Waals surface area contributed by atoms with Crippen molar-refractivity contribution in [1.82, 2.24) is 19.9 Å². The van der Waals surface area contributed by atoms with Crippen molar-refractivity contribution in [2.75, 3.05) is 0 Å². The molecule has 2 aromatic heterocycles. The Hall–Kier alpha value is -6.59. The highest BCUT2D eigenvalue weighted by Gasteiger charge is 2.39. The van der Waals surface area contributed by atoms with Crippen LogP contribution in [0, 0.1) is 0 Å². The van der Waals surface area contributed by atoms with Crippen molar-refractivity contribution >= 4 is 39.5 Å². The minimum absolute atomic E-state index is 0.121. The number of hydrogen-bond donors (Lipinski definition) is 1. The van der Waals surface area contributed by atoms with E-state index in [1.807, 2.05) is 18.5 Å². The topological polar surface area (TPSA) is 55.1 Å². The molecule has 8 aromatic rings. The van der Waals surface area contributed by atoms with E-state index >= 15 is 0 Å². The standard InChI is InChI=1S/C50H39N5/c1-49(2)37-21-13-11-19-33(37)35-24-23-32(27-39(35)49)48-52-29-42-46(54-48)43-40(26-25-36-34-20-12-14-22-38(34)50(3,4)44(36)43)55(42)41-28-51-47(31-17-9-6-10-18-31)53-45(41)30-15-7-5-8-16-30/h5-29,47,53H,1-4H3. The van der Waals surface area contributed by atoms with Gasteiger partial charge in [0.1, 0.15) is 11.7 Å². The predicted molar refractivity (Wildman–Crippen MR) is 226 cm³/mol. The molecule has 0 radical (unpaired) electrons. The van der Waals surface area contributed by atoms with E-state index < -0.39 is 0 Å². The first-order valence-electron chi connectivity index (χ1n) is 19.1. The van der Waals surface area contributed by atoms with Crippen LogP contribution in [0.15, 0.2) is 151 Å². The highest BCUT2D eigenvalue weighted by Crippen LogP contribution is 2.54. The lowest BCUT2D eigenvalue weighted by Gasteiger charge is -2.26. The van der Waals surface area contributed by atoms with Crippen molar-refractivity contribution in [3.8, 4) is 33.6 Å². The fourth-order valence-electron chi connectivity index (χ4n) is 9.65. The average molecular weight is 710 g/mol. The molecule has 0 bridgehead atoms. The first kappa shape index (κ1) is 31.9. The van der Waals surface area contributed by atoms with Gasteiger partial charge in [-0.25, -0.2) is 9.97 Å². The molecule has 5 heteroatoms. The Morgan fingerprint density at radius 3 is 1.98 bits per heavy atom. The molecule has 0 saturated carbocycles. The predicted octanol–water partition coefficient (Wildman–Crippen LogP) is 11.6. The summed E-state index contributed by atoms with van der Waals surface area (Å²) >= 11 is 0. The molecule has 0 fully saturated rings. The molecule has 1 N–H and O–H groups in total. The van der Waals surface area contributed by atoms with Crippen molar-refractivity contribution < 1.29 is 0 Å². The Morgan fingerprint density at radius 2 is 1.22 bits per heavy atom. The highest BCUT2D eigenvalue weighted by atomic mass is 15.1. The van der Waals surface area contributed by atoms with Crippen molar-refractivity contribution in [2.24, 2.45) is 4.99 Å². The lowest BCUT2D eigenvalue weighted by molar-refractivity contribution is 0.660. The fourth-order valence-corrected chi connectivity index (χ4v) is 9.65. The quantitative estimate of drug-likeness (QED) is 0.198. The lowest BCUT2D eigenvalue weighted by atomic mass is 9.81. The summed E-state index contributed by atoms with van der Waals surface area (Å²) in [5.74, 6) is 0.726. The summed E-state index contributed by atoms with van der Waals surface area (Å²) < 4.78 is 2.33. The second kappa shape index (κ2) is 11.5. The maximum absolute atomic E-state index is 5.56. The van der Waals surface area contributed by atoms with Gasteiger partial charge in [0, 0.05) is 21.8 Å². The summed E-state index contributed by atoms with van der Waals surface area (Å²) in [6.07, 6.45) is 3.85. The van der Waals surface area contributed by atoms with Gasteiger partial charge in [-0.05, 0) is 67.8 Å². The second-order valence-corrected chi connectivity index (χ2v) is 16.1. The van der Waals surface area contributed by atoms with Gasteiger partial charge in [-0.3, -0.25) is 4.99 Å². The zero-order valence-electron chi connectivity index (χ0n) is 31.3. The number of aliphatic imine (C=N–C) groups is 1. The number of nitrogens with zero attached hydrogens (tertiary/aromatic N) is 4. The van der Waals surface area contributed by atoms with E-state index in [4.69, 9.17) is 15.0 Å². The molecule has 0 saturated heterocycles. The maximum Gasteiger partial charge on any atom is 0.159 e. The van der Waals surface area contributed by atoms with Gasteiger partial charge >= 0.3 is 0 Å². The smallest absolute Gasteiger partial charge is 0.159 e. The number of hydrogen-bond acceptors (Lipinski definition) is 4. The molecule has 1 atom stereocenters. The maximum atomic E-state index is 5.56. The second-order valence-electron chi connectivity index (χ2n) is 16.1. The molecule has 264 valence electrons. The zero-order valence-corrected chi connectivity index (χ0v) is 31.3. The molecule has 6 aromatic carbocycles. The summed E-state index contributed by atoms with van der Waals surface area (Å²) in [5, 5.41) is 4.99. The van der Waals surface area contributed by atoms with Crippen LogP contribution in [-0.2, 0) is 10.8 Å². The number of fused-ring (bicyclic) bond motifs is 10. The molecule has 0 amide bonds. The summed E-state index contributed by atoms with van der Waals surface area (Å²) in [4.78, 5) is 15.9. The van der Waals surface area contributed by atoms with Crippen LogP contribution >= 0.6 is 0 Å². The third-order valence-corrected chi connectivity index (χ3v) is 12.3. The van der Waals surface area contributed by atoms with E-state index in [0.717, 1.165) is 55.8 Å². The van der Waals surface area contributed by atoms with Gasteiger partial charge in [0.05, 0.1) is 34.8 Å². The van der Waals surface area contributed by atoms with Crippen molar-refractivity contribution in [2.45, 2.75) is 44.7 Å². The summed E-state index contributed by atoms with van der Waals surface area (Å²) in [6, 6.07) is 50.0. The molecule has 5 nitrogen and oxygen atoms in total. The van der Waals surface area contributed by atoms with Gasteiger partial charge in [-0.15, -0.1) is 0 Å². The van der Waals surface area contributed by atoms with Crippen molar-refractivity contribution in [1.29, 1.82) is 0 Å². The lowest BCUT2D eigenvalue weighted by Crippen LogP contribution is -2.25. The number of allylic oxidation sites excluding steroid dienone is 1. The van der Waals surface area contributed by atoms with E-state index in [2.05, 4.69) is 171 Å². The normalized spacial score (nSPS) is 17.2. The minimum Gasteiger partial charge on any atom is -0.358 e. The summed E-state index contributed by atoms with van der Waals surface area (Å²) in [7, 11) is 0.